The summed E-state index contributed by atoms with van der Waals surface area (Å²) in [6.45, 7) is 6.17. The molecular formula is C18H25N5OS. The first-order valence-corrected chi connectivity index (χ1v) is 9.66. The topological polar surface area (TPSA) is 85.8 Å². The lowest BCUT2D eigenvalue weighted by Crippen LogP contribution is -2.24. The van der Waals surface area contributed by atoms with Crippen LogP contribution in [0.1, 0.15) is 63.3 Å². The molecule has 1 aliphatic rings. The van der Waals surface area contributed by atoms with Gasteiger partial charge in [-0.05, 0) is 43.7 Å². The molecular weight excluding hydrogens is 334 g/mol. The van der Waals surface area contributed by atoms with Crippen LogP contribution >= 0.6 is 11.8 Å². The summed E-state index contributed by atoms with van der Waals surface area (Å²) in [6.07, 6.45) is 3.25. The molecule has 0 unspecified atom stereocenters. The van der Waals surface area contributed by atoms with Gasteiger partial charge in [0.25, 0.3) is 0 Å². The number of nitrogen functional groups attached to an aromatic ring is 1. The van der Waals surface area contributed by atoms with Crippen LogP contribution in [-0.4, -0.2) is 26.0 Å². The molecule has 1 fully saturated rings. The average Bonchev–Trinajstić information content (AvgIpc) is 3.39. The summed E-state index contributed by atoms with van der Waals surface area (Å²) < 4.78 is 1.53. The molecule has 2 aromatic rings. The maximum Gasteiger partial charge on any atom is 0.237 e. The van der Waals surface area contributed by atoms with Crippen LogP contribution in [0.2, 0.25) is 0 Å². The molecule has 3 N–H and O–H groups in total. The lowest BCUT2D eigenvalue weighted by molar-refractivity contribution is -0.115. The van der Waals surface area contributed by atoms with E-state index in [4.69, 9.17) is 5.84 Å². The van der Waals surface area contributed by atoms with Gasteiger partial charge in [0.1, 0.15) is 0 Å². The first kappa shape index (κ1) is 17.8. The van der Waals surface area contributed by atoms with E-state index in [1.807, 2.05) is 25.1 Å². The van der Waals surface area contributed by atoms with Crippen molar-refractivity contribution in [1.29, 1.82) is 0 Å². The van der Waals surface area contributed by atoms with Crippen LogP contribution in [0.4, 0.5) is 5.69 Å². The standard InChI is InChI=1S/C18H25N5OS/c1-4-11(2)14-7-5-6-8-15(14)20-17(24)12(3)25-18-22-21-16(23(18)19)13-9-10-13/h5-8,11-13H,4,9-10,19H2,1-3H3,(H,20,24)/t11-,12-/m0/s1. The molecule has 0 spiro atoms. The Balaban J connectivity index is 1.67. The number of rotatable bonds is 7. The number of hydrogen-bond acceptors (Lipinski definition) is 5. The number of nitrogens with one attached hydrogen (secondary N) is 1. The largest absolute Gasteiger partial charge is 0.336 e. The fraction of sp³-hybridized carbons (Fsp3) is 0.500. The molecule has 1 aromatic heterocycles. The molecule has 1 aromatic carbocycles. The highest BCUT2D eigenvalue weighted by atomic mass is 32.2. The van der Waals surface area contributed by atoms with E-state index in [1.165, 1.54) is 16.4 Å². The van der Waals surface area contributed by atoms with E-state index in [0.29, 0.717) is 17.0 Å². The monoisotopic (exact) mass is 359 g/mol. The number of para-hydroxylation sites is 1. The molecule has 0 bridgehead atoms. The van der Waals surface area contributed by atoms with Gasteiger partial charge in [0.05, 0.1) is 5.25 Å². The van der Waals surface area contributed by atoms with Gasteiger partial charge in [-0.2, -0.15) is 0 Å². The molecule has 1 amide bonds. The van der Waals surface area contributed by atoms with Gasteiger partial charge in [-0.1, -0.05) is 43.8 Å². The molecule has 0 aliphatic heterocycles. The van der Waals surface area contributed by atoms with E-state index in [2.05, 4.69) is 35.4 Å². The Kier molecular flexibility index (Phi) is 5.32. The van der Waals surface area contributed by atoms with Crippen molar-refractivity contribution in [3.05, 3.63) is 35.7 Å². The van der Waals surface area contributed by atoms with Gasteiger partial charge >= 0.3 is 0 Å². The van der Waals surface area contributed by atoms with Crippen LogP contribution in [0.5, 0.6) is 0 Å². The second kappa shape index (κ2) is 7.47. The molecule has 1 saturated carbocycles. The Bertz CT molecular complexity index is 756. The summed E-state index contributed by atoms with van der Waals surface area (Å²) in [6, 6.07) is 7.97. The van der Waals surface area contributed by atoms with Crippen LogP contribution in [0.15, 0.2) is 29.4 Å². The summed E-state index contributed by atoms with van der Waals surface area (Å²) in [4.78, 5) is 12.6. The lowest BCUT2D eigenvalue weighted by Gasteiger charge is -2.17. The van der Waals surface area contributed by atoms with E-state index >= 15 is 0 Å². The minimum Gasteiger partial charge on any atom is -0.336 e. The minimum absolute atomic E-state index is 0.0586. The number of nitrogens with zero attached hydrogens (tertiary/aromatic N) is 3. The predicted molar refractivity (Wildman–Crippen MR) is 101 cm³/mol. The fourth-order valence-electron chi connectivity index (χ4n) is 2.70. The number of aromatic nitrogens is 3. The highest BCUT2D eigenvalue weighted by Crippen LogP contribution is 2.39. The number of carbonyl (C=O) groups excluding carboxylic acids is 1. The third kappa shape index (κ3) is 3.98. The maximum atomic E-state index is 12.6. The molecule has 3 rings (SSSR count). The van der Waals surface area contributed by atoms with Gasteiger partial charge in [0, 0.05) is 11.6 Å². The molecule has 1 heterocycles. The van der Waals surface area contributed by atoms with Gasteiger partial charge in [0.2, 0.25) is 11.1 Å². The SMILES string of the molecule is CC[C@H](C)c1ccccc1NC(=O)[C@H](C)Sc1nnc(C2CC2)n1N. The molecule has 7 heteroatoms. The zero-order valence-electron chi connectivity index (χ0n) is 14.9. The van der Waals surface area contributed by atoms with E-state index in [1.54, 1.807) is 0 Å². The smallest absolute Gasteiger partial charge is 0.237 e. The van der Waals surface area contributed by atoms with E-state index < -0.39 is 0 Å². The lowest BCUT2D eigenvalue weighted by atomic mass is 9.97. The van der Waals surface area contributed by atoms with Crippen molar-refractivity contribution in [3.8, 4) is 0 Å². The number of benzene rings is 1. The van der Waals surface area contributed by atoms with Crippen molar-refractivity contribution < 1.29 is 4.79 Å². The second-order valence-electron chi connectivity index (χ2n) is 6.63. The average molecular weight is 359 g/mol. The van der Waals surface area contributed by atoms with Gasteiger partial charge < -0.3 is 11.2 Å². The Labute approximate surface area is 152 Å². The third-order valence-electron chi connectivity index (χ3n) is 4.65. The van der Waals surface area contributed by atoms with Gasteiger partial charge in [-0.15, -0.1) is 10.2 Å². The molecule has 25 heavy (non-hydrogen) atoms. The van der Waals surface area contributed by atoms with Crippen molar-refractivity contribution >= 4 is 23.4 Å². The normalized spacial score (nSPS) is 16.4. The Morgan fingerprint density at radius 1 is 1.36 bits per heavy atom. The van der Waals surface area contributed by atoms with Crippen LogP contribution in [0, 0.1) is 0 Å². The molecule has 0 radical (unpaired) electrons. The number of nitrogens with two attached hydrogens (primary N) is 1. The number of thioether (sulfide) groups is 1. The van der Waals surface area contributed by atoms with Crippen molar-refractivity contribution in [2.45, 2.75) is 62.3 Å². The van der Waals surface area contributed by atoms with Crippen molar-refractivity contribution in [2.24, 2.45) is 0 Å². The highest BCUT2D eigenvalue weighted by Gasteiger charge is 2.30. The molecule has 2 atom stereocenters. The number of anilines is 1. The number of hydrogen-bond donors (Lipinski definition) is 2. The molecule has 0 saturated heterocycles. The van der Waals surface area contributed by atoms with E-state index in [-0.39, 0.29) is 11.2 Å². The quantitative estimate of drug-likeness (QED) is 0.584. The van der Waals surface area contributed by atoms with Crippen molar-refractivity contribution in [1.82, 2.24) is 14.9 Å². The van der Waals surface area contributed by atoms with Crippen LogP contribution in [0.25, 0.3) is 0 Å². The van der Waals surface area contributed by atoms with Crippen LogP contribution in [0.3, 0.4) is 0 Å². The zero-order valence-corrected chi connectivity index (χ0v) is 15.7. The number of carbonyl (C=O) groups is 1. The molecule has 134 valence electrons. The number of amides is 1. The van der Waals surface area contributed by atoms with Gasteiger partial charge in [-0.3, -0.25) is 4.79 Å². The van der Waals surface area contributed by atoms with Crippen LogP contribution in [-0.2, 0) is 4.79 Å². The van der Waals surface area contributed by atoms with Crippen molar-refractivity contribution in [3.63, 3.8) is 0 Å². The second-order valence-corrected chi connectivity index (χ2v) is 7.94. The van der Waals surface area contributed by atoms with Gasteiger partial charge in [-0.25, -0.2) is 4.68 Å². The first-order chi connectivity index (χ1) is 12.0. The zero-order chi connectivity index (χ0) is 18.0. The Hall–Kier alpha value is -2.02. The summed E-state index contributed by atoms with van der Waals surface area (Å²) in [7, 11) is 0. The van der Waals surface area contributed by atoms with Crippen LogP contribution < -0.4 is 11.2 Å². The summed E-state index contributed by atoms with van der Waals surface area (Å²) in [5.74, 6) is 7.65. The molecule has 1 aliphatic carbocycles. The van der Waals surface area contributed by atoms with Gasteiger partial charge in [0.15, 0.2) is 5.82 Å². The summed E-state index contributed by atoms with van der Waals surface area (Å²) in [5.41, 5.74) is 2.04. The minimum atomic E-state index is -0.316. The molecule has 6 nitrogen and oxygen atoms in total. The fourth-order valence-corrected chi connectivity index (χ4v) is 3.47. The Morgan fingerprint density at radius 3 is 2.76 bits per heavy atom. The highest BCUT2D eigenvalue weighted by molar-refractivity contribution is 8.00. The summed E-state index contributed by atoms with van der Waals surface area (Å²) in [5, 5.41) is 11.6. The predicted octanol–water partition coefficient (Wildman–Crippen LogP) is 3.50. The van der Waals surface area contributed by atoms with Crippen molar-refractivity contribution in [2.75, 3.05) is 11.2 Å². The Morgan fingerprint density at radius 2 is 2.08 bits per heavy atom. The maximum absolute atomic E-state index is 12.6. The summed E-state index contributed by atoms with van der Waals surface area (Å²) >= 11 is 1.34. The first-order valence-electron chi connectivity index (χ1n) is 8.78. The van der Waals surface area contributed by atoms with E-state index in [9.17, 15) is 4.79 Å². The van der Waals surface area contributed by atoms with E-state index in [0.717, 1.165) is 36.3 Å². The third-order valence-corrected chi connectivity index (χ3v) is 5.70.